The number of hydrogen-bond donors (Lipinski definition) is 3. The van der Waals surface area contributed by atoms with Gasteiger partial charge in [-0.1, -0.05) is 44.5 Å². The minimum atomic E-state index is -3.68. The van der Waals surface area contributed by atoms with Crippen molar-refractivity contribution in [2.24, 2.45) is 10.9 Å². The summed E-state index contributed by atoms with van der Waals surface area (Å²) in [6.45, 7) is 5.54. The Bertz CT molecular complexity index is 1130. The highest BCUT2D eigenvalue weighted by atomic mass is 32.2. The average molecular weight is 443 g/mol. The molecule has 1 aliphatic heterocycles. The molecule has 0 bridgehead atoms. The molecule has 2 aromatic carbocycles. The fourth-order valence-corrected chi connectivity index (χ4v) is 4.53. The van der Waals surface area contributed by atoms with Crippen molar-refractivity contribution in [1.29, 1.82) is 0 Å². The lowest BCUT2D eigenvalue weighted by Gasteiger charge is -2.19. The van der Waals surface area contributed by atoms with Crippen LogP contribution >= 0.6 is 0 Å². The fourth-order valence-electron chi connectivity index (χ4n) is 3.29. The Hall–Kier alpha value is -3.20. The second kappa shape index (κ2) is 9.30. The SMILES string of the molecule is CC[C@H](C)[C@H](N=C1NS(=O)(=O)c2ccccc21)C(=O)NCc1cccc(NC(C)=O)c1. The van der Waals surface area contributed by atoms with Gasteiger partial charge in [-0.05, 0) is 35.7 Å². The molecule has 8 nitrogen and oxygen atoms in total. The molecule has 2 aromatic rings. The maximum absolute atomic E-state index is 13.0. The van der Waals surface area contributed by atoms with Gasteiger partial charge in [0.2, 0.25) is 11.8 Å². The molecule has 0 spiro atoms. The fraction of sp³-hybridized carbons (Fsp3) is 0.318. The molecule has 0 radical (unpaired) electrons. The van der Waals surface area contributed by atoms with Crippen LogP contribution in [0.15, 0.2) is 58.4 Å². The molecule has 1 aliphatic rings. The smallest absolute Gasteiger partial charge is 0.263 e. The van der Waals surface area contributed by atoms with Crippen LogP contribution in [0.25, 0.3) is 0 Å². The number of aliphatic imine (C=N–C) groups is 1. The molecule has 2 atom stereocenters. The molecular weight excluding hydrogens is 416 g/mol. The molecular formula is C22H26N4O4S. The first-order valence-corrected chi connectivity index (χ1v) is 11.5. The summed E-state index contributed by atoms with van der Waals surface area (Å²) in [6, 6.07) is 13.0. The third-order valence-electron chi connectivity index (χ3n) is 5.10. The van der Waals surface area contributed by atoms with Crippen molar-refractivity contribution < 1.29 is 18.0 Å². The Kier molecular flexibility index (Phi) is 6.74. The van der Waals surface area contributed by atoms with Crippen LogP contribution in [0, 0.1) is 5.92 Å². The summed E-state index contributed by atoms with van der Waals surface area (Å²) in [4.78, 5) is 28.9. The predicted molar refractivity (Wildman–Crippen MR) is 119 cm³/mol. The number of amides is 2. The zero-order valence-electron chi connectivity index (χ0n) is 17.7. The summed E-state index contributed by atoms with van der Waals surface area (Å²) in [6.07, 6.45) is 0.696. The lowest BCUT2D eigenvalue weighted by atomic mass is 9.98. The third kappa shape index (κ3) is 5.29. The van der Waals surface area contributed by atoms with E-state index in [4.69, 9.17) is 0 Å². The van der Waals surface area contributed by atoms with E-state index in [1.807, 2.05) is 19.9 Å². The Morgan fingerprint density at radius 3 is 2.58 bits per heavy atom. The van der Waals surface area contributed by atoms with Crippen molar-refractivity contribution in [3.63, 3.8) is 0 Å². The summed E-state index contributed by atoms with van der Waals surface area (Å²) < 4.78 is 27.2. The largest absolute Gasteiger partial charge is 0.350 e. The zero-order chi connectivity index (χ0) is 22.6. The third-order valence-corrected chi connectivity index (χ3v) is 6.49. The van der Waals surface area contributed by atoms with E-state index in [0.29, 0.717) is 17.7 Å². The average Bonchev–Trinajstić information content (AvgIpc) is 3.00. The standard InChI is InChI=1S/C22H26N4O4S/c1-4-14(2)20(25-21-18-10-5-6-11-19(18)31(29,30)26-21)22(28)23-13-16-8-7-9-17(12-16)24-15(3)27/h5-12,14,20H,4,13H2,1-3H3,(H,23,28)(H,24,27)(H,25,26)/t14-,20-/m0/s1. The second-order valence-electron chi connectivity index (χ2n) is 7.51. The Balaban J connectivity index is 1.80. The molecule has 1 heterocycles. The Morgan fingerprint density at radius 2 is 1.87 bits per heavy atom. The number of sulfonamides is 1. The van der Waals surface area contributed by atoms with Gasteiger partial charge >= 0.3 is 0 Å². The monoisotopic (exact) mass is 442 g/mol. The number of rotatable bonds is 7. The van der Waals surface area contributed by atoms with Crippen molar-refractivity contribution in [2.75, 3.05) is 5.32 Å². The number of fused-ring (bicyclic) bond motifs is 1. The zero-order valence-corrected chi connectivity index (χ0v) is 18.5. The molecule has 0 unspecified atom stereocenters. The summed E-state index contributed by atoms with van der Waals surface area (Å²) in [7, 11) is -3.68. The van der Waals surface area contributed by atoms with Gasteiger partial charge in [0, 0.05) is 24.7 Å². The quantitative estimate of drug-likeness (QED) is 0.610. The first-order chi connectivity index (χ1) is 14.7. The highest BCUT2D eigenvalue weighted by molar-refractivity contribution is 7.90. The number of carbonyl (C=O) groups excluding carboxylic acids is 2. The normalized spacial score (nSPS) is 17.3. The van der Waals surface area contributed by atoms with Crippen molar-refractivity contribution in [1.82, 2.24) is 10.0 Å². The summed E-state index contributed by atoms with van der Waals surface area (Å²) in [5, 5.41) is 5.59. The molecule has 164 valence electrons. The molecule has 0 saturated carbocycles. The molecule has 0 aromatic heterocycles. The summed E-state index contributed by atoms with van der Waals surface area (Å²) in [5.74, 6) is -0.386. The molecule has 3 N–H and O–H groups in total. The minimum absolute atomic E-state index is 0.101. The number of nitrogens with one attached hydrogen (secondary N) is 3. The van der Waals surface area contributed by atoms with Crippen LogP contribution in [-0.4, -0.2) is 32.1 Å². The summed E-state index contributed by atoms with van der Waals surface area (Å²) >= 11 is 0. The van der Waals surface area contributed by atoms with Crippen molar-refractivity contribution >= 4 is 33.4 Å². The van der Waals surface area contributed by atoms with Gasteiger partial charge < -0.3 is 10.6 Å². The van der Waals surface area contributed by atoms with E-state index in [2.05, 4.69) is 20.3 Å². The molecule has 2 amide bonds. The highest BCUT2D eigenvalue weighted by Crippen LogP contribution is 2.24. The lowest BCUT2D eigenvalue weighted by Crippen LogP contribution is -2.38. The van der Waals surface area contributed by atoms with Gasteiger partial charge in [-0.15, -0.1) is 0 Å². The van der Waals surface area contributed by atoms with Gasteiger partial charge in [0.25, 0.3) is 10.0 Å². The van der Waals surface area contributed by atoms with Crippen LogP contribution in [0.1, 0.15) is 38.3 Å². The van der Waals surface area contributed by atoms with Gasteiger partial charge in [0.05, 0.1) is 4.90 Å². The number of carbonyl (C=O) groups is 2. The number of anilines is 1. The van der Waals surface area contributed by atoms with Gasteiger partial charge in [-0.25, -0.2) is 8.42 Å². The number of amidine groups is 1. The second-order valence-corrected chi connectivity index (χ2v) is 9.16. The maximum atomic E-state index is 13.0. The van der Waals surface area contributed by atoms with Gasteiger partial charge in [-0.2, -0.15) is 0 Å². The van der Waals surface area contributed by atoms with Crippen LogP contribution in [0.5, 0.6) is 0 Å². The van der Waals surface area contributed by atoms with E-state index in [-0.39, 0.29) is 35.0 Å². The Labute approximate surface area is 182 Å². The lowest BCUT2D eigenvalue weighted by molar-refractivity contribution is -0.123. The van der Waals surface area contributed by atoms with Crippen molar-refractivity contribution in [3.05, 3.63) is 59.7 Å². The highest BCUT2D eigenvalue weighted by Gasteiger charge is 2.33. The molecule has 9 heteroatoms. The van der Waals surface area contributed by atoms with Crippen molar-refractivity contribution in [2.45, 2.75) is 44.7 Å². The van der Waals surface area contributed by atoms with E-state index in [0.717, 1.165) is 5.56 Å². The first kappa shape index (κ1) is 22.5. The van der Waals surface area contributed by atoms with E-state index in [1.54, 1.807) is 36.4 Å². The van der Waals surface area contributed by atoms with E-state index in [9.17, 15) is 18.0 Å². The number of nitrogens with zero attached hydrogens (tertiary/aromatic N) is 1. The van der Waals surface area contributed by atoms with Gasteiger partial charge in [-0.3, -0.25) is 19.3 Å². The Morgan fingerprint density at radius 1 is 1.13 bits per heavy atom. The molecule has 0 saturated heterocycles. The van der Waals surface area contributed by atoms with E-state index >= 15 is 0 Å². The first-order valence-electron chi connectivity index (χ1n) is 10.1. The van der Waals surface area contributed by atoms with Gasteiger partial charge in [0.15, 0.2) is 0 Å². The molecule has 0 aliphatic carbocycles. The van der Waals surface area contributed by atoms with Crippen LogP contribution in [0.3, 0.4) is 0 Å². The number of benzene rings is 2. The number of hydrogen-bond acceptors (Lipinski definition) is 5. The van der Waals surface area contributed by atoms with E-state index < -0.39 is 16.1 Å². The van der Waals surface area contributed by atoms with Crippen LogP contribution in [0.2, 0.25) is 0 Å². The topological polar surface area (TPSA) is 117 Å². The minimum Gasteiger partial charge on any atom is -0.350 e. The van der Waals surface area contributed by atoms with Crippen molar-refractivity contribution in [3.8, 4) is 0 Å². The maximum Gasteiger partial charge on any atom is 0.263 e. The van der Waals surface area contributed by atoms with E-state index in [1.165, 1.54) is 13.0 Å². The van der Waals surface area contributed by atoms with Crippen LogP contribution in [-0.2, 0) is 26.2 Å². The van der Waals surface area contributed by atoms with Gasteiger partial charge in [0.1, 0.15) is 11.9 Å². The van der Waals surface area contributed by atoms with Crippen LogP contribution in [0.4, 0.5) is 5.69 Å². The molecule has 31 heavy (non-hydrogen) atoms. The van der Waals surface area contributed by atoms with Crippen LogP contribution < -0.4 is 15.4 Å². The summed E-state index contributed by atoms with van der Waals surface area (Å²) in [5.41, 5.74) is 1.93. The molecule has 0 fully saturated rings. The predicted octanol–water partition coefficient (Wildman–Crippen LogP) is 2.41. The molecule has 3 rings (SSSR count).